The second kappa shape index (κ2) is 4.99. The predicted octanol–water partition coefficient (Wildman–Crippen LogP) is 2.42. The molecule has 2 nitrogen and oxygen atoms in total. The molecule has 1 rings (SSSR count). The summed E-state index contributed by atoms with van der Waals surface area (Å²) >= 11 is 3.30. The summed E-state index contributed by atoms with van der Waals surface area (Å²) in [5, 5.41) is 0.781. The molecule has 0 aromatic rings. The van der Waals surface area contributed by atoms with Gasteiger partial charge in [-0.05, 0) is 25.7 Å². The number of carbonyl (C=O) groups excluding carboxylic acids is 1. The molecule has 0 saturated carbocycles. The van der Waals surface area contributed by atoms with Crippen LogP contribution in [0.4, 0.5) is 0 Å². The van der Waals surface area contributed by atoms with E-state index in [1.807, 2.05) is 4.90 Å². The lowest BCUT2D eigenvalue weighted by atomic mass is 9.95. The van der Waals surface area contributed by atoms with Crippen molar-refractivity contribution in [3.8, 4) is 0 Å². The van der Waals surface area contributed by atoms with Crippen molar-refractivity contribution in [2.75, 3.05) is 11.9 Å². The van der Waals surface area contributed by atoms with Crippen LogP contribution >= 0.6 is 15.9 Å². The maximum absolute atomic E-state index is 11.6. The Morgan fingerprint density at radius 2 is 2.15 bits per heavy atom. The monoisotopic (exact) mass is 247 g/mol. The van der Waals surface area contributed by atoms with Gasteiger partial charge in [-0.2, -0.15) is 0 Å². The van der Waals surface area contributed by atoms with Crippen molar-refractivity contribution in [3.05, 3.63) is 0 Å². The van der Waals surface area contributed by atoms with Crippen molar-refractivity contribution in [1.29, 1.82) is 0 Å². The van der Waals surface area contributed by atoms with Crippen LogP contribution < -0.4 is 0 Å². The first kappa shape index (κ1) is 11.0. The van der Waals surface area contributed by atoms with Gasteiger partial charge in [-0.15, -0.1) is 0 Å². The van der Waals surface area contributed by atoms with Crippen LogP contribution in [0.15, 0.2) is 0 Å². The molecule has 1 fully saturated rings. The molecule has 0 radical (unpaired) electrons. The van der Waals surface area contributed by atoms with E-state index in [2.05, 4.69) is 29.8 Å². The van der Waals surface area contributed by atoms with Gasteiger partial charge in [0.2, 0.25) is 5.91 Å². The first-order chi connectivity index (χ1) is 6.15. The SMILES string of the molecule is CC1CCC(C)N(C(=O)CCBr)C1. The summed E-state index contributed by atoms with van der Waals surface area (Å²) in [5.41, 5.74) is 0. The van der Waals surface area contributed by atoms with Gasteiger partial charge in [-0.3, -0.25) is 4.79 Å². The van der Waals surface area contributed by atoms with E-state index in [0.717, 1.165) is 18.3 Å². The van der Waals surface area contributed by atoms with E-state index < -0.39 is 0 Å². The maximum Gasteiger partial charge on any atom is 0.223 e. The smallest absolute Gasteiger partial charge is 0.223 e. The molecule has 0 N–H and O–H groups in total. The third-order valence-corrected chi connectivity index (χ3v) is 3.14. The molecule has 2 unspecified atom stereocenters. The van der Waals surface area contributed by atoms with Gasteiger partial charge in [0.15, 0.2) is 0 Å². The van der Waals surface area contributed by atoms with Crippen LogP contribution in [0.5, 0.6) is 0 Å². The molecule has 13 heavy (non-hydrogen) atoms. The molecule has 1 aliphatic rings. The number of rotatable bonds is 2. The quantitative estimate of drug-likeness (QED) is 0.687. The molecule has 1 aliphatic heterocycles. The van der Waals surface area contributed by atoms with E-state index in [4.69, 9.17) is 0 Å². The molecule has 0 aliphatic carbocycles. The first-order valence-corrected chi connectivity index (χ1v) is 6.12. The number of piperidine rings is 1. The van der Waals surface area contributed by atoms with Gasteiger partial charge in [-0.25, -0.2) is 0 Å². The maximum atomic E-state index is 11.6. The fourth-order valence-electron chi connectivity index (χ4n) is 1.86. The highest BCUT2D eigenvalue weighted by atomic mass is 79.9. The lowest BCUT2D eigenvalue weighted by Crippen LogP contribution is -2.44. The van der Waals surface area contributed by atoms with E-state index >= 15 is 0 Å². The normalized spacial score (nSPS) is 29.0. The average molecular weight is 248 g/mol. The Bertz CT molecular complexity index is 184. The minimum Gasteiger partial charge on any atom is -0.340 e. The van der Waals surface area contributed by atoms with Gasteiger partial charge < -0.3 is 4.90 Å². The van der Waals surface area contributed by atoms with E-state index in [1.165, 1.54) is 6.42 Å². The summed E-state index contributed by atoms with van der Waals surface area (Å²) in [6.45, 7) is 5.32. The van der Waals surface area contributed by atoms with Crippen LogP contribution in [0.3, 0.4) is 0 Å². The van der Waals surface area contributed by atoms with Gasteiger partial charge in [0, 0.05) is 24.3 Å². The first-order valence-electron chi connectivity index (χ1n) is 5.00. The highest BCUT2D eigenvalue weighted by Gasteiger charge is 2.25. The van der Waals surface area contributed by atoms with Crippen molar-refractivity contribution in [3.63, 3.8) is 0 Å². The van der Waals surface area contributed by atoms with Gasteiger partial charge in [-0.1, -0.05) is 22.9 Å². The molecule has 0 aromatic heterocycles. The van der Waals surface area contributed by atoms with Crippen LogP contribution in [0.25, 0.3) is 0 Å². The summed E-state index contributed by atoms with van der Waals surface area (Å²) in [6.07, 6.45) is 3.06. The Hall–Kier alpha value is -0.0500. The van der Waals surface area contributed by atoms with Gasteiger partial charge >= 0.3 is 0 Å². The minimum absolute atomic E-state index is 0.302. The Balaban J connectivity index is 2.50. The summed E-state index contributed by atoms with van der Waals surface area (Å²) < 4.78 is 0. The van der Waals surface area contributed by atoms with E-state index in [9.17, 15) is 4.79 Å². The number of hydrogen-bond acceptors (Lipinski definition) is 1. The second-order valence-corrected chi connectivity index (χ2v) is 4.81. The molecule has 1 amide bonds. The summed E-state index contributed by atoms with van der Waals surface area (Å²) in [5.74, 6) is 0.978. The largest absolute Gasteiger partial charge is 0.340 e. The molecule has 0 aromatic carbocycles. The van der Waals surface area contributed by atoms with Crippen molar-refractivity contribution < 1.29 is 4.79 Å². The van der Waals surface area contributed by atoms with Crippen LogP contribution in [0.2, 0.25) is 0 Å². The van der Waals surface area contributed by atoms with E-state index in [1.54, 1.807) is 0 Å². The summed E-state index contributed by atoms with van der Waals surface area (Å²) in [4.78, 5) is 13.7. The Morgan fingerprint density at radius 1 is 1.46 bits per heavy atom. The lowest BCUT2D eigenvalue weighted by Gasteiger charge is -2.36. The highest BCUT2D eigenvalue weighted by molar-refractivity contribution is 9.09. The van der Waals surface area contributed by atoms with Crippen LogP contribution in [-0.2, 0) is 4.79 Å². The van der Waals surface area contributed by atoms with Crippen molar-refractivity contribution in [1.82, 2.24) is 4.90 Å². The number of nitrogens with zero attached hydrogens (tertiary/aromatic N) is 1. The van der Waals surface area contributed by atoms with E-state index in [-0.39, 0.29) is 0 Å². The second-order valence-electron chi connectivity index (χ2n) is 4.02. The standard InChI is InChI=1S/C10H18BrNO/c1-8-3-4-9(2)12(7-8)10(13)5-6-11/h8-9H,3-7H2,1-2H3. The van der Waals surface area contributed by atoms with Crippen LogP contribution in [-0.4, -0.2) is 28.7 Å². The van der Waals surface area contributed by atoms with Crippen LogP contribution in [0, 0.1) is 5.92 Å². The van der Waals surface area contributed by atoms with Crippen LogP contribution in [0.1, 0.15) is 33.1 Å². The third-order valence-electron chi connectivity index (χ3n) is 2.75. The van der Waals surface area contributed by atoms with Crippen molar-refractivity contribution in [2.24, 2.45) is 5.92 Å². The van der Waals surface area contributed by atoms with Gasteiger partial charge in [0.05, 0.1) is 0 Å². The molecule has 0 bridgehead atoms. The molecule has 1 saturated heterocycles. The number of halogens is 1. The molecular formula is C10H18BrNO. The number of likely N-dealkylation sites (tertiary alicyclic amines) is 1. The fourth-order valence-corrected chi connectivity index (χ4v) is 2.20. The molecule has 3 heteroatoms. The zero-order valence-corrected chi connectivity index (χ0v) is 10.0. The topological polar surface area (TPSA) is 20.3 Å². The number of hydrogen-bond donors (Lipinski definition) is 0. The Kier molecular flexibility index (Phi) is 4.23. The van der Waals surface area contributed by atoms with Crippen molar-refractivity contribution >= 4 is 21.8 Å². The van der Waals surface area contributed by atoms with Gasteiger partial charge in [0.25, 0.3) is 0 Å². The zero-order valence-electron chi connectivity index (χ0n) is 8.42. The predicted molar refractivity (Wildman–Crippen MR) is 58.0 cm³/mol. The zero-order chi connectivity index (χ0) is 9.84. The number of alkyl halides is 1. The van der Waals surface area contributed by atoms with Gasteiger partial charge in [0.1, 0.15) is 0 Å². The Labute approximate surface area is 88.8 Å². The van der Waals surface area contributed by atoms with Crippen molar-refractivity contribution in [2.45, 2.75) is 39.2 Å². The Morgan fingerprint density at radius 3 is 2.77 bits per heavy atom. The summed E-state index contributed by atoms with van der Waals surface area (Å²) in [7, 11) is 0. The molecule has 0 spiro atoms. The molecule has 2 atom stereocenters. The fraction of sp³-hybridized carbons (Fsp3) is 0.900. The number of amides is 1. The average Bonchev–Trinajstić information content (AvgIpc) is 2.09. The summed E-state index contributed by atoms with van der Waals surface area (Å²) in [6, 6.07) is 0.447. The number of carbonyl (C=O) groups is 1. The minimum atomic E-state index is 0.302. The lowest BCUT2D eigenvalue weighted by molar-refractivity contribution is -0.134. The molecule has 76 valence electrons. The molecular weight excluding hydrogens is 230 g/mol. The third kappa shape index (κ3) is 2.97. The van der Waals surface area contributed by atoms with E-state index in [0.29, 0.717) is 24.3 Å². The highest BCUT2D eigenvalue weighted by Crippen LogP contribution is 2.21. The molecule has 1 heterocycles.